The number of rotatable bonds is 2. The molecule has 0 amide bonds. The molecule has 72 valence electrons. The summed E-state index contributed by atoms with van der Waals surface area (Å²) < 4.78 is 0. The fourth-order valence-electron chi connectivity index (χ4n) is 0. The average molecular weight is 168 g/mol. The Balaban J connectivity index is -0.0000000886. The topological polar surface area (TPSA) is 80.9 Å². The molecule has 0 spiro atoms. The first kappa shape index (κ1) is 17.1. The first-order valence-corrected chi connectivity index (χ1v) is 3.68. The van der Waals surface area contributed by atoms with Gasteiger partial charge in [-0.05, 0) is 13.3 Å². The lowest BCUT2D eigenvalue weighted by atomic mass is 10.5. The second-order valence-electron chi connectivity index (χ2n) is 1.49. The van der Waals surface area contributed by atoms with E-state index < -0.39 is 0 Å². The van der Waals surface area contributed by atoms with Gasteiger partial charge in [0, 0.05) is 13.2 Å². The first-order valence-electron chi connectivity index (χ1n) is 3.68. The quantitative estimate of drug-likeness (QED) is 0.442. The van der Waals surface area contributed by atoms with E-state index in [1.807, 2.05) is 6.92 Å². The summed E-state index contributed by atoms with van der Waals surface area (Å²) in [4.78, 5) is 0. The standard InChI is InChI=1S/C3H8O.C2H6O2.C2H6O/c1-2-3-4;3-1-2-4;1-2-3/h4H,2-3H2,1H3;3-4H,1-2H2;3H,2H2,1H3. The van der Waals surface area contributed by atoms with Crippen molar-refractivity contribution >= 4 is 0 Å². The molecule has 4 N–H and O–H groups in total. The van der Waals surface area contributed by atoms with Gasteiger partial charge in [0.15, 0.2) is 0 Å². The fraction of sp³-hybridized carbons (Fsp3) is 1.00. The third-order valence-electron chi connectivity index (χ3n) is 0.324. The lowest BCUT2D eigenvalue weighted by Gasteiger charge is -1.70. The van der Waals surface area contributed by atoms with E-state index in [2.05, 4.69) is 0 Å². The van der Waals surface area contributed by atoms with Crippen LogP contribution < -0.4 is 0 Å². The minimum absolute atomic E-state index is 0.125. The van der Waals surface area contributed by atoms with Crippen LogP contribution >= 0.6 is 0 Å². The highest BCUT2D eigenvalue weighted by Gasteiger charge is 1.58. The molecule has 4 nitrogen and oxygen atoms in total. The van der Waals surface area contributed by atoms with Crippen molar-refractivity contribution in [1.29, 1.82) is 0 Å². The van der Waals surface area contributed by atoms with E-state index in [1.54, 1.807) is 6.92 Å². The Morgan fingerprint density at radius 2 is 0.909 bits per heavy atom. The van der Waals surface area contributed by atoms with Crippen LogP contribution in [0.4, 0.5) is 0 Å². The van der Waals surface area contributed by atoms with Gasteiger partial charge in [-0.3, -0.25) is 0 Å². The van der Waals surface area contributed by atoms with Crippen molar-refractivity contribution in [3.63, 3.8) is 0 Å². The van der Waals surface area contributed by atoms with Gasteiger partial charge in [0.2, 0.25) is 0 Å². The molecule has 0 rings (SSSR count). The van der Waals surface area contributed by atoms with Gasteiger partial charge in [-0.15, -0.1) is 0 Å². The Labute approximate surface area is 68.1 Å². The van der Waals surface area contributed by atoms with E-state index in [4.69, 9.17) is 20.4 Å². The van der Waals surface area contributed by atoms with Crippen molar-refractivity contribution in [2.75, 3.05) is 26.4 Å². The second-order valence-corrected chi connectivity index (χ2v) is 1.49. The van der Waals surface area contributed by atoms with Crippen LogP contribution in [0.3, 0.4) is 0 Å². The van der Waals surface area contributed by atoms with Crippen molar-refractivity contribution in [3.8, 4) is 0 Å². The molecule has 0 aromatic heterocycles. The lowest BCUT2D eigenvalue weighted by molar-refractivity contribution is 0.186. The lowest BCUT2D eigenvalue weighted by Crippen LogP contribution is -1.85. The second kappa shape index (κ2) is 32.8. The maximum Gasteiger partial charge on any atom is 0.0662 e. The molecule has 0 aromatic rings. The van der Waals surface area contributed by atoms with E-state index in [9.17, 15) is 0 Å². The minimum Gasteiger partial charge on any atom is -0.397 e. The highest BCUT2D eigenvalue weighted by molar-refractivity contribution is 4.10. The minimum atomic E-state index is -0.125. The highest BCUT2D eigenvalue weighted by atomic mass is 16.3. The summed E-state index contributed by atoms with van der Waals surface area (Å²) in [7, 11) is 0. The van der Waals surface area contributed by atoms with Gasteiger partial charge in [0.05, 0.1) is 13.2 Å². The molecule has 0 aromatic carbocycles. The Hall–Kier alpha value is -0.160. The van der Waals surface area contributed by atoms with Crippen molar-refractivity contribution < 1.29 is 20.4 Å². The molecule has 0 radical (unpaired) electrons. The average Bonchev–Trinajstić information content (AvgIpc) is 2.06. The van der Waals surface area contributed by atoms with E-state index in [0.29, 0.717) is 6.61 Å². The van der Waals surface area contributed by atoms with Crippen molar-refractivity contribution in [2.45, 2.75) is 20.3 Å². The summed E-state index contributed by atoms with van der Waals surface area (Å²) in [5.41, 5.74) is 0. The highest BCUT2D eigenvalue weighted by Crippen LogP contribution is 1.61. The zero-order valence-electron chi connectivity index (χ0n) is 7.32. The van der Waals surface area contributed by atoms with Gasteiger partial charge in [-0.2, -0.15) is 0 Å². The first-order chi connectivity index (χ1) is 5.24. The van der Waals surface area contributed by atoms with Crippen LogP contribution in [-0.4, -0.2) is 46.9 Å². The van der Waals surface area contributed by atoms with Crippen LogP contribution in [0.5, 0.6) is 0 Å². The Kier molecular flexibility index (Phi) is 51.0. The van der Waals surface area contributed by atoms with Crippen molar-refractivity contribution in [3.05, 3.63) is 0 Å². The molecule has 0 unspecified atom stereocenters. The molecule has 0 saturated heterocycles. The predicted molar refractivity (Wildman–Crippen MR) is 44.3 cm³/mol. The number of hydrogen-bond donors (Lipinski definition) is 4. The molecule has 0 aliphatic rings. The molecule has 0 aliphatic carbocycles. The van der Waals surface area contributed by atoms with Gasteiger partial charge in [0.25, 0.3) is 0 Å². The van der Waals surface area contributed by atoms with Gasteiger partial charge >= 0.3 is 0 Å². The molecule has 0 atom stereocenters. The molecule has 0 aliphatic heterocycles. The molecule has 0 fully saturated rings. The fourth-order valence-corrected chi connectivity index (χ4v) is 0. The Morgan fingerprint density at radius 1 is 0.727 bits per heavy atom. The maximum absolute atomic E-state index is 7.88. The largest absolute Gasteiger partial charge is 0.397 e. The van der Waals surface area contributed by atoms with E-state index in [1.165, 1.54) is 0 Å². The summed E-state index contributed by atoms with van der Waals surface area (Å²) in [6, 6.07) is 0. The van der Waals surface area contributed by atoms with Gasteiger partial charge in [-0.25, -0.2) is 0 Å². The van der Waals surface area contributed by atoms with Crippen LogP contribution in [0.15, 0.2) is 0 Å². The normalized spacial score (nSPS) is 7.09. The van der Waals surface area contributed by atoms with E-state index in [-0.39, 0.29) is 19.8 Å². The van der Waals surface area contributed by atoms with Gasteiger partial charge < -0.3 is 20.4 Å². The summed E-state index contributed by atoms with van der Waals surface area (Å²) in [6.07, 6.45) is 0.875. The Bertz CT molecular complexity index is 25.6. The number of aliphatic hydroxyl groups excluding tert-OH is 4. The zero-order valence-corrected chi connectivity index (χ0v) is 7.32. The Morgan fingerprint density at radius 3 is 0.909 bits per heavy atom. The van der Waals surface area contributed by atoms with Crippen LogP contribution in [-0.2, 0) is 0 Å². The van der Waals surface area contributed by atoms with Gasteiger partial charge in [0.1, 0.15) is 0 Å². The third kappa shape index (κ3) is 179. The maximum atomic E-state index is 7.88. The molecular weight excluding hydrogens is 148 g/mol. The van der Waals surface area contributed by atoms with Crippen molar-refractivity contribution in [2.24, 2.45) is 0 Å². The van der Waals surface area contributed by atoms with Crippen LogP contribution in [0.25, 0.3) is 0 Å². The zero-order chi connectivity index (χ0) is 9.54. The van der Waals surface area contributed by atoms with Crippen LogP contribution in [0.2, 0.25) is 0 Å². The van der Waals surface area contributed by atoms with Crippen LogP contribution in [0.1, 0.15) is 20.3 Å². The summed E-state index contributed by atoms with van der Waals surface area (Å²) in [5, 5.41) is 30.7. The number of hydrogen-bond acceptors (Lipinski definition) is 4. The monoisotopic (exact) mass is 168 g/mol. The summed E-state index contributed by atoms with van der Waals surface area (Å²) in [6.45, 7) is 3.93. The van der Waals surface area contributed by atoms with E-state index >= 15 is 0 Å². The molecule has 11 heavy (non-hydrogen) atoms. The van der Waals surface area contributed by atoms with Crippen LogP contribution in [0, 0.1) is 0 Å². The van der Waals surface area contributed by atoms with E-state index in [0.717, 1.165) is 6.42 Å². The van der Waals surface area contributed by atoms with Crippen molar-refractivity contribution in [1.82, 2.24) is 0 Å². The smallest absolute Gasteiger partial charge is 0.0662 e. The molecule has 0 heterocycles. The number of aliphatic hydroxyl groups is 4. The molecule has 0 bridgehead atoms. The van der Waals surface area contributed by atoms with Gasteiger partial charge in [-0.1, -0.05) is 6.92 Å². The third-order valence-corrected chi connectivity index (χ3v) is 0.324. The molecule has 0 saturated carbocycles. The SMILES string of the molecule is CCCO.CCO.OCCO. The summed E-state index contributed by atoms with van der Waals surface area (Å²) in [5.74, 6) is 0. The summed E-state index contributed by atoms with van der Waals surface area (Å²) >= 11 is 0. The molecular formula is C7H20O4. The molecule has 4 heteroatoms. The predicted octanol–water partition coefficient (Wildman–Crippen LogP) is -0.642.